The Kier molecular flexibility index (Phi) is 3.25. The summed E-state index contributed by atoms with van der Waals surface area (Å²) >= 11 is 0. The first-order chi connectivity index (χ1) is 10.2. The number of fused-ring (bicyclic) bond motifs is 1. The fourth-order valence-corrected chi connectivity index (χ4v) is 2.47. The number of nitrogens with one attached hydrogen (secondary N) is 1. The van der Waals surface area contributed by atoms with E-state index in [-0.39, 0.29) is 11.8 Å². The molecule has 2 aromatic rings. The van der Waals surface area contributed by atoms with Crippen molar-refractivity contribution >= 4 is 23.5 Å². The normalized spacial score (nSPS) is 16.6. The Labute approximate surface area is 122 Å². The van der Waals surface area contributed by atoms with Crippen LogP contribution in [0.2, 0.25) is 0 Å². The molecule has 21 heavy (non-hydrogen) atoms. The van der Waals surface area contributed by atoms with Gasteiger partial charge in [0.2, 0.25) is 5.91 Å². The van der Waals surface area contributed by atoms with Crippen molar-refractivity contribution in [3.63, 3.8) is 0 Å². The van der Waals surface area contributed by atoms with Crippen LogP contribution in [0.25, 0.3) is 0 Å². The molecular weight excluding hydrogens is 262 g/mol. The van der Waals surface area contributed by atoms with E-state index >= 15 is 0 Å². The Bertz CT molecular complexity index is 770. The topological polar surface area (TPSA) is 65.2 Å². The summed E-state index contributed by atoms with van der Waals surface area (Å²) in [4.78, 5) is 16.4. The van der Waals surface area contributed by atoms with E-state index in [1.165, 1.54) is 0 Å². The molecule has 3 rings (SSSR count). The van der Waals surface area contributed by atoms with Gasteiger partial charge in [-0.25, -0.2) is 0 Å². The molecule has 1 unspecified atom stereocenters. The van der Waals surface area contributed by atoms with Gasteiger partial charge in [-0.3, -0.25) is 9.79 Å². The van der Waals surface area contributed by atoms with Crippen LogP contribution >= 0.6 is 0 Å². The Hall–Kier alpha value is -2.93. The summed E-state index contributed by atoms with van der Waals surface area (Å²) in [5.41, 5.74) is 4.23. The van der Waals surface area contributed by atoms with Gasteiger partial charge in [0.1, 0.15) is 5.92 Å². The van der Waals surface area contributed by atoms with Crippen molar-refractivity contribution in [2.45, 2.75) is 12.8 Å². The van der Waals surface area contributed by atoms with Gasteiger partial charge in [-0.05, 0) is 48.4 Å². The quantitative estimate of drug-likeness (QED) is 0.854. The molecule has 1 atom stereocenters. The lowest BCUT2D eigenvalue weighted by atomic mass is 9.97. The van der Waals surface area contributed by atoms with Crippen LogP contribution in [0.1, 0.15) is 22.6 Å². The summed E-state index contributed by atoms with van der Waals surface area (Å²) in [5.74, 6) is -0.423. The van der Waals surface area contributed by atoms with Crippen LogP contribution in [0.15, 0.2) is 47.5 Å². The number of aryl methyl sites for hydroxylation is 1. The van der Waals surface area contributed by atoms with Gasteiger partial charge in [0.25, 0.3) is 0 Å². The lowest BCUT2D eigenvalue weighted by Crippen LogP contribution is -2.13. The second kappa shape index (κ2) is 5.22. The minimum Gasteiger partial charge on any atom is -0.325 e. The van der Waals surface area contributed by atoms with Gasteiger partial charge in [-0.1, -0.05) is 12.1 Å². The van der Waals surface area contributed by atoms with Gasteiger partial charge in [0.15, 0.2) is 0 Å². The van der Waals surface area contributed by atoms with Crippen LogP contribution in [0.4, 0.5) is 11.4 Å². The van der Waals surface area contributed by atoms with Gasteiger partial charge in [0, 0.05) is 11.9 Å². The zero-order valence-electron chi connectivity index (χ0n) is 11.5. The monoisotopic (exact) mass is 275 g/mol. The number of carbonyl (C=O) groups excluding carboxylic acids is 1. The average Bonchev–Trinajstić information content (AvgIpc) is 2.82. The zero-order valence-corrected chi connectivity index (χ0v) is 11.5. The Morgan fingerprint density at radius 1 is 1.24 bits per heavy atom. The highest BCUT2D eigenvalue weighted by atomic mass is 16.2. The predicted octanol–water partition coefficient (Wildman–Crippen LogP) is 3.30. The van der Waals surface area contributed by atoms with Crippen molar-refractivity contribution in [1.29, 1.82) is 5.26 Å². The van der Waals surface area contributed by atoms with Crippen LogP contribution < -0.4 is 5.32 Å². The van der Waals surface area contributed by atoms with E-state index < -0.39 is 0 Å². The summed E-state index contributed by atoms with van der Waals surface area (Å²) in [6, 6.07) is 14.8. The first-order valence-electron chi connectivity index (χ1n) is 6.64. The molecule has 0 spiro atoms. The fourth-order valence-electron chi connectivity index (χ4n) is 2.47. The minimum absolute atomic E-state index is 0.0586. The molecule has 0 bridgehead atoms. The standard InChI is InChI=1S/C17H13N3O/c1-11-3-2-4-15-16(11)14(17(21)20-15)10-19-13-7-5-12(9-18)6-8-13/h2-8,10,14H,1H3,(H,20,21). The number of rotatable bonds is 2. The number of nitriles is 1. The highest BCUT2D eigenvalue weighted by Gasteiger charge is 2.30. The molecule has 102 valence electrons. The third-order valence-electron chi connectivity index (χ3n) is 3.54. The molecule has 1 N–H and O–H groups in total. The first kappa shape index (κ1) is 13.1. The predicted molar refractivity (Wildman–Crippen MR) is 81.9 cm³/mol. The van der Waals surface area contributed by atoms with Crippen LogP contribution in [0.3, 0.4) is 0 Å². The van der Waals surface area contributed by atoms with Crippen molar-refractivity contribution in [1.82, 2.24) is 0 Å². The molecule has 4 nitrogen and oxygen atoms in total. The fraction of sp³-hybridized carbons (Fsp3) is 0.118. The number of anilines is 1. The van der Waals surface area contributed by atoms with Crippen LogP contribution in [0, 0.1) is 18.3 Å². The summed E-state index contributed by atoms with van der Waals surface area (Å²) in [5, 5.41) is 11.6. The van der Waals surface area contributed by atoms with Crippen molar-refractivity contribution in [2.75, 3.05) is 5.32 Å². The van der Waals surface area contributed by atoms with Crippen LogP contribution in [-0.2, 0) is 4.79 Å². The SMILES string of the molecule is Cc1cccc2c1C(C=Nc1ccc(C#N)cc1)C(=O)N2. The average molecular weight is 275 g/mol. The minimum atomic E-state index is -0.364. The number of benzene rings is 2. The van der Waals surface area contributed by atoms with E-state index in [2.05, 4.69) is 16.4 Å². The summed E-state index contributed by atoms with van der Waals surface area (Å²) in [7, 11) is 0. The van der Waals surface area contributed by atoms with E-state index in [1.807, 2.05) is 25.1 Å². The zero-order chi connectivity index (χ0) is 14.8. The first-order valence-corrected chi connectivity index (χ1v) is 6.64. The molecule has 0 saturated carbocycles. The largest absolute Gasteiger partial charge is 0.325 e. The molecular formula is C17H13N3O. The van der Waals surface area contributed by atoms with Crippen molar-refractivity contribution in [3.8, 4) is 6.07 Å². The summed E-state index contributed by atoms with van der Waals surface area (Å²) in [6.07, 6.45) is 1.66. The maximum atomic E-state index is 12.1. The second-order valence-corrected chi connectivity index (χ2v) is 4.94. The van der Waals surface area contributed by atoms with Gasteiger partial charge in [0.05, 0.1) is 17.3 Å². The van der Waals surface area contributed by atoms with Gasteiger partial charge < -0.3 is 5.32 Å². The van der Waals surface area contributed by atoms with E-state index in [1.54, 1.807) is 30.5 Å². The van der Waals surface area contributed by atoms with Crippen LogP contribution in [0.5, 0.6) is 0 Å². The molecule has 0 saturated heterocycles. The number of aliphatic imine (C=N–C) groups is 1. The van der Waals surface area contributed by atoms with Crippen molar-refractivity contribution < 1.29 is 4.79 Å². The second-order valence-electron chi connectivity index (χ2n) is 4.94. The lowest BCUT2D eigenvalue weighted by Gasteiger charge is -2.05. The Morgan fingerprint density at radius 2 is 2.00 bits per heavy atom. The van der Waals surface area contributed by atoms with E-state index in [4.69, 9.17) is 5.26 Å². The van der Waals surface area contributed by atoms with Gasteiger partial charge >= 0.3 is 0 Å². The molecule has 0 fully saturated rings. The third kappa shape index (κ3) is 2.41. The third-order valence-corrected chi connectivity index (χ3v) is 3.54. The molecule has 1 heterocycles. The molecule has 2 aromatic carbocycles. The highest BCUT2D eigenvalue weighted by Crippen LogP contribution is 2.34. The van der Waals surface area contributed by atoms with E-state index in [9.17, 15) is 4.79 Å². The summed E-state index contributed by atoms with van der Waals surface area (Å²) in [6.45, 7) is 1.99. The smallest absolute Gasteiger partial charge is 0.237 e. The molecule has 1 aliphatic rings. The van der Waals surface area contributed by atoms with Crippen molar-refractivity contribution in [3.05, 3.63) is 59.2 Å². The Morgan fingerprint density at radius 3 is 2.71 bits per heavy atom. The van der Waals surface area contributed by atoms with Crippen LogP contribution in [-0.4, -0.2) is 12.1 Å². The number of amides is 1. The van der Waals surface area contributed by atoms with Gasteiger partial charge in [-0.2, -0.15) is 5.26 Å². The van der Waals surface area contributed by atoms with E-state index in [0.717, 1.165) is 22.5 Å². The number of carbonyl (C=O) groups is 1. The summed E-state index contributed by atoms with van der Waals surface area (Å²) < 4.78 is 0. The molecule has 0 radical (unpaired) electrons. The molecule has 0 aromatic heterocycles. The Balaban J connectivity index is 1.90. The molecule has 4 heteroatoms. The molecule has 1 aliphatic heterocycles. The highest BCUT2D eigenvalue weighted by molar-refractivity contribution is 6.13. The number of hydrogen-bond acceptors (Lipinski definition) is 3. The number of hydrogen-bond donors (Lipinski definition) is 1. The van der Waals surface area contributed by atoms with Crippen molar-refractivity contribution in [2.24, 2.45) is 4.99 Å². The number of nitrogens with zero attached hydrogens (tertiary/aromatic N) is 2. The molecule has 1 amide bonds. The van der Waals surface area contributed by atoms with Gasteiger partial charge in [-0.15, -0.1) is 0 Å². The maximum absolute atomic E-state index is 12.1. The maximum Gasteiger partial charge on any atom is 0.237 e. The molecule has 0 aliphatic carbocycles. The lowest BCUT2D eigenvalue weighted by molar-refractivity contribution is -0.115. The van der Waals surface area contributed by atoms with E-state index in [0.29, 0.717) is 5.56 Å².